The maximum absolute atomic E-state index is 12.0. The Bertz CT molecular complexity index is 1710. The SMILES string of the molecule is CC1CCCN1C(=O)C(N)C(C)(C)C.CCOC.CNC(C)C=O.CNc1ccc(COC(=O)NCO)cc1.Cc1ncsc1-c1ccc(CNC=O)cc1.O=CC1(C=O)CCC1. The van der Waals surface area contributed by atoms with Gasteiger partial charge in [0, 0.05) is 45.6 Å². The second kappa shape index (κ2) is 32.6. The van der Waals surface area contributed by atoms with Crippen LogP contribution < -0.4 is 27.0 Å². The van der Waals surface area contributed by atoms with Crippen molar-refractivity contribution in [2.24, 2.45) is 16.6 Å². The molecular weight excluding hydrogens is 827 g/mol. The molecule has 3 unspecified atom stereocenters. The second-order valence-corrected chi connectivity index (χ2v) is 16.7. The third-order valence-electron chi connectivity index (χ3n) is 9.92. The lowest BCUT2D eigenvalue weighted by molar-refractivity contribution is -0.135. The fourth-order valence-electron chi connectivity index (χ4n) is 5.27. The number of aliphatic hydroxyl groups excluding tert-OH is 1. The first-order valence-electron chi connectivity index (χ1n) is 21.0. The van der Waals surface area contributed by atoms with E-state index in [9.17, 15) is 28.8 Å². The average Bonchev–Trinajstić information content (AvgIpc) is 3.92. The molecule has 7 N–H and O–H groups in total. The van der Waals surface area contributed by atoms with Crippen LogP contribution in [0.25, 0.3) is 10.4 Å². The predicted octanol–water partition coefficient (Wildman–Crippen LogP) is 5.64. The van der Waals surface area contributed by atoms with E-state index in [4.69, 9.17) is 15.6 Å². The Morgan fingerprint density at radius 3 is 1.95 bits per heavy atom. The first-order valence-corrected chi connectivity index (χ1v) is 21.9. The van der Waals surface area contributed by atoms with E-state index < -0.39 is 18.2 Å². The summed E-state index contributed by atoms with van der Waals surface area (Å²) in [4.78, 5) is 70.2. The van der Waals surface area contributed by atoms with Crippen LogP contribution in [0, 0.1) is 17.8 Å². The molecular formula is C46H73N7O9S. The number of hydrogen-bond acceptors (Lipinski definition) is 14. The Morgan fingerprint density at radius 2 is 1.60 bits per heavy atom. The standard InChI is InChI=1S/C12H12N2OS.C11H22N2O.C10H14N2O3.C6H8O2.C4H9NO.C3H8O/c1-9-12(16-8-14-9)11-4-2-10(3-5-11)6-13-7-15;1-8-6-5-7-13(8)10(14)9(12)11(2,3)4;1-11-9-4-2-8(3-5-9)6-15-10(14)12-7-13;7-4-6(5-8)2-1-3-6;1-4(3-6)5-2;1-3-4-2/h2-5,7-8H,6H2,1H3,(H,13,15);8-9H,5-7,12H2,1-4H3;2-5,11,13H,6-7H2,1H3,(H,12,14);4-5H,1-3H2;3-5H,1-2H3;3H2,1-2H3. The van der Waals surface area contributed by atoms with Gasteiger partial charge in [0.15, 0.2) is 0 Å². The number of aliphatic hydroxyl groups is 1. The minimum atomic E-state index is -0.629. The summed E-state index contributed by atoms with van der Waals surface area (Å²) in [7, 11) is 5.26. The highest BCUT2D eigenvalue weighted by molar-refractivity contribution is 7.13. The van der Waals surface area contributed by atoms with Crippen LogP contribution >= 0.6 is 11.3 Å². The molecule has 0 radical (unpaired) electrons. The Hall–Kier alpha value is -5.07. The summed E-state index contributed by atoms with van der Waals surface area (Å²) in [5.41, 5.74) is 12.3. The van der Waals surface area contributed by atoms with Gasteiger partial charge >= 0.3 is 6.09 Å². The van der Waals surface area contributed by atoms with Crippen LogP contribution in [0.5, 0.6) is 0 Å². The predicted molar refractivity (Wildman–Crippen MR) is 250 cm³/mol. The number of nitrogens with one attached hydrogen (secondary N) is 4. The largest absolute Gasteiger partial charge is 0.445 e. The summed E-state index contributed by atoms with van der Waals surface area (Å²) >= 11 is 1.64. The smallest absolute Gasteiger partial charge is 0.409 e. The van der Waals surface area contributed by atoms with E-state index in [0.717, 1.165) is 86.6 Å². The van der Waals surface area contributed by atoms with Crippen LogP contribution in [-0.2, 0) is 46.6 Å². The Kier molecular flexibility index (Phi) is 30.0. The quantitative estimate of drug-likeness (QED) is 0.0655. The minimum absolute atomic E-state index is 0.00463. The van der Waals surface area contributed by atoms with Crippen molar-refractivity contribution >= 4 is 54.3 Å². The van der Waals surface area contributed by atoms with Crippen molar-refractivity contribution in [3.8, 4) is 10.4 Å². The molecule has 1 aliphatic carbocycles. The van der Waals surface area contributed by atoms with Crippen LogP contribution in [-0.4, -0.2) is 111 Å². The van der Waals surface area contributed by atoms with Crippen molar-refractivity contribution in [2.45, 2.75) is 112 Å². The number of nitrogens with zero attached hydrogens (tertiary/aromatic N) is 2. The first-order chi connectivity index (χ1) is 30.0. The molecule has 0 spiro atoms. The summed E-state index contributed by atoms with van der Waals surface area (Å²) in [6.07, 6.45) is 7.26. The number of aromatic nitrogens is 1. The lowest BCUT2D eigenvalue weighted by atomic mass is 9.71. The summed E-state index contributed by atoms with van der Waals surface area (Å²) in [5, 5.41) is 18.9. The highest BCUT2D eigenvalue weighted by Crippen LogP contribution is 2.36. The lowest BCUT2D eigenvalue weighted by Crippen LogP contribution is -2.51. The molecule has 0 bridgehead atoms. The van der Waals surface area contributed by atoms with Gasteiger partial charge in [-0.05, 0) is 94.7 Å². The van der Waals surface area contributed by atoms with Crippen molar-refractivity contribution in [3.63, 3.8) is 0 Å². The normalized spacial score (nSPS) is 15.2. The number of hydrogen-bond donors (Lipinski definition) is 6. The van der Waals surface area contributed by atoms with Crippen molar-refractivity contribution in [1.82, 2.24) is 25.8 Å². The number of thiazole rings is 1. The Labute approximate surface area is 378 Å². The molecule has 63 heavy (non-hydrogen) atoms. The molecule has 3 aromatic rings. The molecule has 17 heteroatoms. The molecule has 3 amide bonds. The van der Waals surface area contributed by atoms with Crippen LogP contribution in [0.3, 0.4) is 0 Å². The molecule has 2 aliphatic rings. The molecule has 2 heterocycles. The van der Waals surface area contributed by atoms with Gasteiger partial charge in [0.1, 0.15) is 32.2 Å². The number of benzene rings is 2. The van der Waals surface area contributed by atoms with Crippen LogP contribution in [0.4, 0.5) is 10.5 Å². The number of aldehydes is 3. The van der Waals surface area contributed by atoms with Gasteiger partial charge in [0.2, 0.25) is 12.3 Å². The molecule has 352 valence electrons. The van der Waals surface area contributed by atoms with Crippen LogP contribution in [0.1, 0.15) is 90.5 Å². The topological polar surface area (TPSA) is 231 Å². The number of carbonyl (C=O) groups excluding carboxylic acids is 6. The second-order valence-electron chi connectivity index (χ2n) is 15.8. The van der Waals surface area contributed by atoms with Gasteiger partial charge in [-0.25, -0.2) is 9.78 Å². The lowest BCUT2D eigenvalue weighted by Gasteiger charge is -2.31. The van der Waals surface area contributed by atoms with E-state index in [-0.39, 0.29) is 30.0 Å². The monoisotopic (exact) mass is 900 g/mol. The molecule has 16 nitrogen and oxygen atoms in total. The molecule has 1 aromatic heterocycles. The zero-order valence-corrected chi connectivity index (χ0v) is 39.7. The Morgan fingerprint density at radius 1 is 1.02 bits per heavy atom. The number of nitrogens with two attached hydrogens (primary N) is 1. The number of alkyl carbamates (subject to hydrolysis) is 1. The zero-order valence-electron chi connectivity index (χ0n) is 38.9. The van der Waals surface area contributed by atoms with E-state index in [1.54, 1.807) is 32.4 Å². The van der Waals surface area contributed by atoms with Crippen LogP contribution in [0.2, 0.25) is 0 Å². The van der Waals surface area contributed by atoms with E-state index >= 15 is 0 Å². The molecule has 3 atom stereocenters. The molecule has 1 aliphatic heterocycles. The first kappa shape index (κ1) is 57.9. The van der Waals surface area contributed by atoms with E-state index in [1.807, 2.05) is 88.5 Å². The average molecular weight is 900 g/mol. The molecule has 2 fully saturated rings. The van der Waals surface area contributed by atoms with Crippen molar-refractivity contribution < 1.29 is 43.3 Å². The van der Waals surface area contributed by atoms with E-state index in [0.29, 0.717) is 19.0 Å². The van der Waals surface area contributed by atoms with Crippen LogP contribution in [0.15, 0.2) is 54.0 Å². The third kappa shape index (κ3) is 23.3. The van der Waals surface area contributed by atoms with Gasteiger partial charge in [-0.3, -0.25) is 14.9 Å². The fourth-order valence-corrected chi connectivity index (χ4v) is 6.08. The maximum atomic E-state index is 12.0. The fraction of sp³-hybridized carbons (Fsp3) is 0.543. The Balaban J connectivity index is 0.000000771. The number of ether oxygens (including phenoxy) is 2. The number of likely N-dealkylation sites (N-methyl/N-ethyl adjacent to an activating group) is 1. The van der Waals surface area contributed by atoms with Gasteiger partial charge in [-0.15, -0.1) is 11.3 Å². The number of likely N-dealkylation sites (tertiary alicyclic amines) is 1. The number of aryl methyl sites for hydroxylation is 1. The number of rotatable bonds is 14. The number of methoxy groups -OCH3 is 1. The summed E-state index contributed by atoms with van der Waals surface area (Å²) in [6.45, 7) is 15.9. The maximum Gasteiger partial charge on any atom is 0.409 e. The van der Waals surface area contributed by atoms with E-state index in [1.165, 1.54) is 10.4 Å². The molecule has 2 aromatic carbocycles. The number of amides is 3. The van der Waals surface area contributed by atoms with E-state index in [2.05, 4.69) is 50.0 Å². The van der Waals surface area contributed by atoms with Gasteiger partial charge < -0.3 is 55.5 Å². The molecule has 1 saturated heterocycles. The molecule has 1 saturated carbocycles. The van der Waals surface area contributed by atoms with Crippen molar-refractivity contribution in [3.05, 3.63) is 70.9 Å². The summed E-state index contributed by atoms with van der Waals surface area (Å²) < 4.78 is 9.35. The zero-order chi connectivity index (χ0) is 47.8. The van der Waals surface area contributed by atoms with Crippen molar-refractivity contribution in [1.29, 1.82) is 0 Å². The highest BCUT2D eigenvalue weighted by atomic mass is 32.1. The summed E-state index contributed by atoms with van der Waals surface area (Å²) in [5.74, 6) is 0.113. The van der Waals surface area contributed by atoms with Gasteiger partial charge in [0.25, 0.3) is 0 Å². The highest BCUT2D eigenvalue weighted by Gasteiger charge is 2.36. The minimum Gasteiger partial charge on any atom is -0.445 e. The summed E-state index contributed by atoms with van der Waals surface area (Å²) in [6, 6.07) is 15.7. The van der Waals surface area contributed by atoms with Gasteiger partial charge in [-0.1, -0.05) is 63.6 Å². The third-order valence-corrected chi connectivity index (χ3v) is 10.9. The van der Waals surface area contributed by atoms with Gasteiger partial charge in [-0.2, -0.15) is 0 Å². The van der Waals surface area contributed by atoms with Crippen molar-refractivity contribution in [2.75, 3.05) is 46.4 Å². The number of anilines is 1. The molecule has 5 rings (SSSR count). The number of carbonyl (C=O) groups is 6. The van der Waals surface area contributed by atoms with Gasteiger partial charge in [0.05, 0.1) is 33.6 Å².